The molecular formula is C27H22ClN3O3. The summed E-state index contributed by atoms with van der Waals surface area (Å²) in [7, 11) is 1.90. The number of aldehydes is 1. The minimum atomic E-state index is -0.172. The van der Waals surface area contributed by atoms with E-state index in [1.54, 1.807) is 36.4 Å². The fourth-order valence-electron chi connectivity index (χ4n) is 3.36. The molecule has 2 aromatic heterocycles. The average Bonchev–Trinajstić information content (AvgIpc) is 3.30. The van der Waals surface area contributed by atoms with Crippen LogP contribution in [0.1, 0.15) is 10.5 Å². The van der Waals surface area contributed by atoms with E-state index in [4.69, 9.17) is 16.3 Å². The van der Waals surface area contributed by atoms with Crippen molar-refractivity contribution in [3.63, 3.8) is 0 Å². The molecule has 7 heteroatoms. The van der Waals surface area contributed by atoms with Crippen LogP contribution in [-0.4, -0.2) is 22.9 Å². The van der Waals surface area contributed by atoms with Crippen molar-refractivity contribution in [1.29, 1.82) is 0 Å². The Bertz CT molecular complexity index is 1440. The molecule has 5 aromatic rings. The topological polar surface area (TPSA) is 76.1 Å². The van der Waals surface area contributed by atoms with Crippen LogP contribution in [0, 0.1) is 0 Å². The first-order valence-electron chi connectivity index (χ1n) is 10.5. The first-order valence-corrected chi connectivity index (χ1v) is 10.9. The molecule has 0 saturated carbocycles. The lowest BCUT2D eigenvalue weighted by Crippen LogP contribution is -2.17. The zero-order valence-corrected chi connectivity index (χ0v) is 19.1. The van der Waals surface area contributed by atoms with Gasteiger partial charge in [-0.1, -0.05) is 29.8 Å². The van der Waals surface area contributed by atoms with Crippen molar-refractivity contribution in [2.24, 2.45) is 0 Å². The summed E-state index contributed by atoms with van der Waals surface area (Å²) in [5.74, 6) is 1.70. The van der Waals surface area contributed by atoms with Gasteiger partial charge in [-0.15, -0.1) is 0 Å². The molecule has 3 aromatic carbocycles. The molecule has 0 spiro atoms. The number of para-hydroxylation sites is 1. The zero-order valence-electron chi connectivity index (χ0n) is 18.4. The first-order chi connectivity index (χ1) is 16.6. The van der Waals surface area contributed by atoms with Crippen molar-refractivity contribution in [1.82, 2.24) is 9.55 Å². The van der Waals surface area contributed by atoms with E-state index in [-0.39, 0.29) is 5.56 Å². The number of hydrogen-bond donors (Lipinski definition) is 2. The summed E-state index contributed by atoms with van der Waals surface area (Å²) in [4.78, 5) is 25.8. The third-order valence-corrected chi connectivity index (χ3v) is 5.28. The monoisotopic (exact) mass is 471 g/mol. The predicted octanol–water partition coefficient (Wildman–Crippen LogP) is 6.31. The van der Waals surface area contributed by atoms with Crippen LogP contribution >= 0.6 is 11.6 Å². The second kappa shape index (κ2) is 10.6. The average molecular weight is 472 g/mol. The molecule has 170 valence electrons. The number of ether oxygens (including phenoxy) is 1. The molecule has 0 bridgehead atoms. The number of benzene rings is 3. The van der Waals surface area contributed by atoms with Crippen LogP contribution in [0.4, 0.5) is 5.69 Å². The molecule has 5 rings (SSSR count). The number of fused-ring (bicyclic) bond motifs is 1. The van der Waals surface area contributed by atoms with E-state index in [0.717, 1.165) is 28.9 Å². The van der Waals surface area contributed by atoms with Crippen LogP contribution in [0.15, 0.2) is 102 Å². The second-order valence-electron chi connectivity index (χ2n) is 7.32. The predicted molar refractivity (Wildman–Crippen MR) is 137 cm³/mol. The van der Waals surface area contributed by atoms with Crippen molar-refractivity contribution in [2.75, 3.05) is 12.4 Å². The molecule has 0 unspecified atom stereocenters. The molecule has 6 nitrogen and oxygen atoms in total. The molecule has 0 atom stereocenters. The third kappa shape index (κ3) is 5.36. The van der Waals surface area contributed by atoms with Crippen LogP contribution in [0.5, 0.6) is 11.5 Å². The second-order valence-corrected chi connectivity index (χ2v) is 7.76. The number of hydrogen-bond acceptors (Lipinski definition) is 4. The molecule has 0 saturated heterocycles. The maximum Gasteiger partial charge on any atom is 0.256 e. The van der Waals surface area contributed by atoms with E-state index in [9.17, 15) is 9.59 Å². The van der Waals surface area contributed by atoms with E-state index >= 15 is 0 Å². The Labute approximate surface area is 201 Å². The SMILES string of the molecule is CNc1ccc(Oc2ccccc2)cc1.O=Cc1cc2ccc(=O)n(-c3ccc(Cl)cc3)c2[nH]1. The number of aromatic nitrogens is 2. The summed E-state index contributed by atoms with van der Waals surface area (Å²) < 4.78 is 7.16. The minimum Gasteiger partial charge on any atom is -0.457 e. The van der Waals surface area contributed by atoms with Crippen LogP contribution in [0.2, 0.25) is 5.02 Å². The molecule has 0 amide bonds. The fraction of sp³-hybridized carbons (Fsp3) is 0.0370. The zero-order chi connectivity index (χ0) is 23.9. The lowest BCUT2D eigenvalue weighted by atomic mass is 10.2. The van der Waals surface area contributed by atoms with Gasteiger partial charge in [-0.05, 0) is 72.8 Å². The maximum absolute atomic E-state index is 12.0. The van der Waals surface area contributed by atoms with Gasteiger partial charge in [0.1, 0.15) is 17.1 Å². The Morgan fingerprint density at radius 3 is 2.21 bits per heavy atom. The van der Waals surface area contributed by atoms with Gasteiger partial charge in [0.25, 0.3) is 5.56 Å². The molecular weight excluding hydrogens is 450 g/mol. The molecule has 2 N–H and O–H groups in total. The lowest BCUT2D eigenvalue weighted by Gasteiger charge is -2.07. The summed E-state index contributed by atoms with van der Waals surface area (Å²) >= 11 is 5.84. The Morgan fingerprint density at radius 1 is 0.882 bits per heavy atom. The van der Waals surface area contributed by atoms with Gasteiger partial charge in [0, 0.05) is 29.2 Å². The fourth-order valence-corrected chi connectivity index (χ4v) is 3.49. The van der Waals surface area contributed by atoms with Gasteiger partial charge in [0.2, 0.25) is 0 Å². The van der Waals surface area contributed by atoms with Crippen LogP contribution in [0.3, 0.4) is 0 Å². The van der Waals surface area contributed by atoms with Crippen LogP contribution in [-0.2, 0) is 0 Å². The standard InChI is InChI=1S/C14H9ClN2O2.C13H13NO/c15-10-2-4-12(5-3-10)17-13(19)6-1-9-7-11(8-18)16-14(9)17;1-14-11-7-9-13(10-8-11)15-12-5-3-2-4-6-12/h1-8,16H;2-10,14H,1H3. The largest absolute Gasteiger partial charge is 0.457 e. The highest BCUT2D eigenvalue weighted by Gasteiger charge is 2.08. The van der Waals surface area contributed by atoms with Crippen molar-refractivity contribution in [3.8, 4) is 17.2 Å². The van der Waals surface area contributed by atoms with Gasteiger partial charge in [-0.25, -0.2) is 0 Å². The summed E-state index contributed by atoms with van der Waals surface area (Å²) in [6, 6.07) is 29.4. The molecule has 0 aliphatic rings. The summed E-state index contributed by atoms with van der Waals surface area (Å²) in [5, 5.41) is 4.47. The number of carbonyl (C=O) groups is 1. The molecule has 0 fully saturated rings. The van der Waals surface area contributed by atoms with Crippen molar-refractivity contribution >= 4 is 34.6 Å². The normalized spacial score (nSPS) is 10.3. The molecule has 0 aliphatic carbocycles. The van der Waals surface area contributed by atoms with Crippen molar-refractivity contribution in [3.05, 3.63) is 118 Å². The van der Waals surface area contributed by atoms with Gasteiger partial charge in [-0.3, -0.25) is 14.2 Å². The van der Waals surface area contributed by atoms with Gasteiger partial charge >= 0.3 is 0 Å². The lowest BCUT2D eigenvalue weighted by molar-refractivity contribution is 0.111. The summed E-state index contributed by atoms with van der Waals surface area (Å²) in [5.41, 5.74) is 2.63. The number of pyridine rings is 1. The molecule has 34 heavy (non-hydrogen) atoms. The van der Waals surface area contributed by atoms with E-state index in [1.807, 2.05) is 61.6 Å². The number of nitrogens with one attached hydrogen (secondary N) is 2. The highest BCUT2D eigenvalue weighted by molar-refractivity contribution is 6.30. The number of rotatable bonds is 5. The van der Waals surface area contributed by atoms with Gasteiger partial charge in [0.15, 0.2) is 6.29 Å². The minimum absolute atomic E-state index is 0.172. The summed E-state index contributed by atoms with van der Waals surface area (Å²) in [6.45, 7) is 0. The Hall–Kier alpha value is -4.29. The Kier molecular flexibility index (Phi) is 7.10. The Morgan fingerprint density at radius 2 is 1.56 bits per heavy atom. The van der Waals surface area contributed by atoms with Crippen molar-refractivity contribution < 1.29 is 9.53 Å². The van der Waals surface area contributed by atoms with Gasteiger partial charge < -0.3 is 15.0 Å². The van der Waals surface area contributed by atoms with Crippen LogP contribution in [0.25, 0.3) is 16.7 Å². The first kappa shape index (κ1) is 22.9. The molecule has 2 heterocycles. The third-order valence-electron chi connectivity index (χ3n) is 5.03. The van der Waals surface area contributed by atoms with Crippen LogP contribution < -0.4 is 15.6 Å². The Balaban J connectivity index is 0.000000166. The number of nitrogens with zero attached hydrogens (tertiary/aromatic N) is 1. The van der Waals surface area contributed by atoms with Gasteiger partial charge in [0.05, 0.1) is 11.4 Å². The maximum atomic E-state index is 12.0. The number of aromatic amines is 1. The number of halogens is 1. The highest BCUT2D eigenvalue weighted by atomic mass is 35.5. The summed E-state index contributed by atoms with van der Waals surface area (Å²) in [6.07, 6.45) is 0.719. The van der Waals surface area contributed by atoms with E-state index < -0.39 is 0 Å². The smallest absolute Gasteiger partial charge is 0.256 e. The number of H-pyrrole nitrogens is 1. The number of carbonyl (C=O) groups excluding carboxylic acids is 1. The quantitative estimate of drug-likeness (QED) is 0.295. The highest BCUT2D eigenvalue weighted by Crippen LogP contribution is 2.22. The van der Waals surface area contributed by atoms with Crippen molar-refractivity contribution in [2.45, 2.75) is 0 Å². The van der Waals surface area contributed by atoms with E-state index in [2.05, 4.69) is 10.3 Å². The van der Waals surface area contributed by atoms with E-state index in [1.165, 1.54) is 10.6 Å². The van der Waals surface area contributed by atoms with E-state index in [0.29, 0.717) is 22.1 Å². The van der Waals surface area contributed by atoms with Gasteiger partial charge in [-0.2, -0.15) is 0 Å². The molecule has 0 aliphatic heterocycles. The number of anilines is 1. The molecule has 0 radical (unpaired) electrons.